The first-order chi connectivity index (χ1) is 7.95. The Hall–Kier alpha value is -1.04. The minimum Gasteiger partial charge on any atom is -0.711 e. The van der Waals surface area contributed by atoms with Gasteiger partial charge < -0.3 is 10.6 Å². The number of hydrogen-bond donors (Lipinski definition) is 0. The van der Waals surface area contributed by atoms with Gasteiger partial charge in [-0.2, -0.15) is 0 Å². The first kappa shape index (κ1) is 12.4. The van der Waals surface area contributed by atoms with Gasteiger partial charge >= 0.3 is 0 Å². The lowest BCUT2D eigenvalue weighted by Crippen LogP contribution is -2.39. The lowest BCUT2D eigenvalue weighted by Gasteiger charge is -2.36. The van der Waals surface area contributed by atoms with Gasteiger partial charge in [0.25, 0.3) is 0 Å². The molecule has 0 saturated heterocycles. The van der Waals surface area contributed by atoms with Crippen LogP contribution in [0.1, 0.15) is 25.7 Å². The fourth-order valence-corrected chi connectivity index (χ4v) is 4.09. The molecule has 2 aliphatic rings. The van der Waals surface area contributed by atoms with Gasteiger partial charge in [-0.05, 0) is 18.9 Å². The van der Waals surface area contributed by atoms with E-state index in [0.29, 0.717) is 6.42 Å². The smallest absolute Gasteiger partial charge is 0.171 e. The number of hydrogen-bond acceptors (Lipinski definition) is 4. The zero-order chi connectivity index (χ0) is 12.6. The number of ketones is 1. The molecule has 0 aromatic rings. The SMILES string of the molecule is CS(=O)(=O)C1=C[C@H](N=[N-])C(=O)C2CCCCC12. The van der Waals surface area contributed by atoms with Crippen molar-refractivity contribution in [2.75, 3.05) is 6.26 Å². The molecule has 2 aliphatic carbocycles. The number of sulfone groups is 1. The first-order valence-electron chi connectivity index (χ1n) is 5.75. The number of carbonyl (C=O) groups excluding carboxylic acids is 1. The van der Waals surface area contributed by atoms with Gasteiger partial charge in [-0.3, -0.25) is 4.79 Å². The number of carbonyl (C=O) groups is 1. The third-order valence-corrected chi connectivity index (χ3v) is 4.96. The Bertz CT molecular complexity index is 481. The number of Topliss-reactive ketones (excluding diaryl/α,β-unsaturated/α-hetero) is 1. The van der Waals surface area contributed by atoms with Crippen LogP contribution in [-0.4, -0.2) is 26.5 Å². The van der Waals surface area contributed by atoms with Gasteiger partial charge in [0.05, 0.1) is 0 Å². The van der Waals surface area contributed by atoms with Crippen molar-refractivity contribution in [2.45, 2.75) is 31.7 Å². The highest BCUT2D eigenvalue weighted by atomic mass is 32.2. The van der Waals surface area contributed by atoms with Crippen molar-refractivity contribution in [3.05, 3.63) is 16.5 Å². The maximum Gasteiger partial charge on any atom is 0.171 e. The molecule has 0 heterocycles. The molecule has 6 heteroatoms. The molecule has 0 aliphatic heterocycles. The minimum absolute atomic E-state index is 0.149. The van der Waals surface area contributed by atoms with Crippen LogP contribution in [0.15, 0.2) is 16.1 Å². The van der Waals surface area contributed by atoms with Crippen molar-refractivity contribution in [3.63, 3.8) is 0 Å². The fraction of sp³-hybridized carbons (Fsp3) is 0.727. The van der Waals surface area contributed by atoms with E-state index in [2.05, 4.69) is 5.11 Å². The standard InChI is InChI=1S/C11H15N2O3S/c1-17(15,16)10-6-9(13-12)11(14)8-5-3-2-4-7(8)10/h6-9H,2-5H2,1H3/q-1/t7?,8?,9-/m0/s1. The molecule has 0 spiro atoms. The lowest BCUT2D eigenvalue weighted by molar-refractivity contribution is -0.125. The van der Waals surface area contributed by atoms with Crippen molar-refractivity contribution in [1.29, 1.82) is 0 Å². The summed E-state index contributed by atoms with van der Waals surface area (Å²) in [5, 5.41) is 2.99. The van der Waals surface area contributed by atoms with Gasteiger partial charge in [0.2, 0.25) is 0 Å². The van der Waals surface area contributed by atoms with E-state index in [-0.39, 0.29) is 22.5 Å². The Morgan fingerprint density at radius 2 is 1.88 bits per heavy atom. The van der Waals surface area contributed by atoms with Gasteiger partial charge in [0.1, 0.15) is 6.04 Å². The molecule has 3 atom stereocenters. The summed E-state index contributed by atoms with van der Waals surface area (Å²) in [4.78, 5) is 12.3. The number of nitrogens with zero attached hydrogens (tertiary/aromatic N) is 2. The molecule has 5 nitrogen and oxygen atoms in total. The minimum atomic E-state index is -3.32. The Labute approximate surface area is 101 Å². The van der Waals surface area contributed by atoms with Crippen LogP contribution in [-0.2, 0) is 14.6 Å². The van der Waals surface area contributed by atoms with Crippen molar-refractivity contribution in [2.24, 2.45) is 17.0 Å². The van der Waals surface area contributed by atoms with Crippen LogP contribution in [0.5, 0.6) is 0 Å². The van der Waals surface area contributed by atoms with Crippen molar-refractivity contribution >= 4 is 15.6 Å². The summed E-state index contributed by atoms with van der Waals surface area (Å²) in [6.45, 7) is 0. The highest BCUT2D eigenvalue weighted by Crippen LogP contribution is 2.41. The molecule has 17 heavy (non-hydrogen) atoms. The van der Waals surface area contributed by atoms with E-state index in [4.69, 9.17) is 5.53 Å². The second-order valence-electron chi connectivity index (χ2n) is 4.80. The molecule has 2 unspecified atom stereocenters. The van der Waals surface area contributed by atoms with E-state index >= 15 is 0 Å². The maximum absolute atomic E-state index is 12.0. The van der Waals surface area contributed by atoms with E-state index in [0.717, 1.165) is 25.5 Å². The monoisotopic (exact) mass is 255 g/mol. The molecular weight excluding hydrogens is 240 g/mol. The summed E-state index contributed by atoms with van der Waals surface area (Å²) >= 11 is 0. The van der Waals surface area contributed by atoms with Crippen molar-refractivity contribution < 1.29 is 13.2 Å². The van der Waals surface area contributed by atoms with Crippen LogP contribution in [0, 0.1) is 11.8 Å². The summed E-state index contributed by atoms with van der Waals surface area (Å²) in [5.74, 6) is -0.645. The molecule has 0 bridgehead atoms. The Morgan fingerprint density at radius 3 is 2.41 bits per heavy atom. The quantitative estimate of drug-likeness (QED) is 0.703. The third-order valence-electron chi connectivity index (χ3n) is 3.66. The average molecular weight is 255 g/mol. The highest BCUT2D eigenvalue weighted by molar-refractivity contribution is 7.94. The van der Waals surface area contributed by atoms with Crippen molar-refractivity contribution in [3.8, 4) is 0 Å². The summed E-state index contributed by atoms with van der Waals surface area (Å²) in [5.41, 5.74) is 8.80. The molecule has 2 rings (SSSR count). The molecule has 0 aromatic carbocycles. The van der Waals surface area contributed by atoms with Gasteiger partial charge in [-0.25, -0.2) is 8.42 Å². The number of allylic oxidation sites excluding steroid dienone is 1. The van der Waals surface area contributed by atoms with Gasteiger partial charge in [0, 0.05) is 23.0 Å². The number of fused-ring (bicyclic) bond motifs is 1. The molecule has 0 N–H and O–H groups in total. The lowest BCUT2D eigenvalue weighted by atomic mass is 9.72. The zero-order valence-corrected chi connectivity index (χ0v) is 10.5. The largest absolute Gasteiger partial charge is 0.711 e. The van der Waals surface area contributed by atoms with Crippen LogP contribution in [0.2, 0.25) is 0 Å². The van der Waals surface area contributed by atoms with Crippen LogP contribution < -0.4 is 0 Å². The Kier molecular flexibility index (Phi) is 3.16. The summed E-state index contributed by atoms with van der Waals surface area (Å²) in [6, 6.07) is -1.00. The van der Waals surface area contributed by atoms with E-state index in [1.807, 2.05) is 0 Å². The Morgan fingerprint density at radius 1 is 1.29 bits per heavy atom. The molecule has 0 amide bonds. The molecular formula is C11H15N2O3S-. The van der Waals surface area contributed by atoms with E-state index < -0.39 is 15.9 Å². The summed E-state index contributed by atoms with van der Waals surface area (Å²) in [6.07, 6.45) is 5.76. The van der Waals surface area contributed by atoms with Crippen LogP contribution in [0.4, 0.5) is 0 Å². The average Bonchev–Trinajstić information content (AvgIpc) is 2.28. The predicted molar refractivity (Wildman–Crippen MR) is 63.0 cm³/mol. The summed E-state index contributed by atoms with van der Waals surface area (Å²) < 4.78 is 23.4. The summed E-state index contributed by atoms with van der Waals surface area (Å²) in [7, 11) is -3.32. The van der Waals surface area contributed by atoms with Crippen LogP contribution in [0.3, 0.4) is 0 Å². The van der Waals surface area contributed by atoms with E-state index in [1.54, 1.807) is 0 Å². The van der Waals surface area contributed by atoms with E-state index in [1.165, 1.54) is 6.08 Å². The van der Waals surface area contributed by atoms with Gasteiger partial charge in [-0.15, -0.1) is 0 Å². The third kappa shape index (κ3) is 2.18. The van der Waals surface area contributed by atoms with Crippen LogP contribution >= 0.6 is 0 Å². The zero-order valence-electron chi connectivity index (χ0n) is 9.67. The topological polar surface area (TPSA) is 85.9 Å². The second-order valence-corrected chi connectivity index (χ2v) is 6.82. The molecule has 1 saturated carbocycles. The second kappa shape index (κ2) is 4.33. The highest BCUT2D eigenvalue weighted by Gasteiger charge is 2.42. The maximum atomic E-state index is 12.0. The fourth-order valence-electron chi connectivity index (χ4n) is 2.88. The molecule has 94 valence electrons. The van der Waals surface area contributed by atoms with E-state index in [9.17, 15) is 13.2 Å². The number of rotatable bonds is 2. The van der Waals surface area contributed by atoms with Gasteiger partial charge in [0.15, 0.2) is 15.6 Å². The normalized spacial score (nSPS) is 33.8. The molecule has 1 fully saturated rings. The van der Waals surface area contributed by atoms with Crippen molar-refractivity contribution in [1.82, 2.24) is 0 Å². The van der Waals surface area contributed by atoms with Gasteiger partial charge in [-0.1, -0.05) is 12.8 Å². The first-order valence-corrected chi connectivity index (χ1v) is 7.64. The molecule has 0 aromatic heterocycles. The molecule has 0 radical (unpaired) electrons. The predicted octanol–water partition coefficient (Wildman–Crippen LogP) is 1.69. The van der Waals surface area contributed by atoms with Crippen LogP contribution in [0.25, 0.3) is 5.53 Å². The Balaban J connectivity index is 2.48.